The minimum atomic E-state index is 0.588. The van der Waals surface area contributed by atoms with Crippen LogP contribution in [0.2, 0.25) is 0 Å². The van der Waals surface area contributed by atoms with Gasteiger partial charge in [0.05, 0.1) is 24.8 Å². The lowest BCUT2D eigenvalue weighted by molar-refractivity contribution is 0.0908. The number of nitrogens with zero attached hydrogens (tertiary/aromatic N) is 4. The summed E-state index contributed by atoms with van der Waals surface area (Å²) in [6.45, 7) is 11.4. The fraction of sp³-hybridized carbons (Fsp3) is 0.667. The van der Waals surface area contributed by atoms with Crippen LogP contribution in [0.5, 0.6) is 0 Å². The highest BCUT2D eigenvalue weighted by Crippen LogP contribution is 2.01. The molecule has 0 radical (unpaired) electrons. The summed E-state index contributed by atoms with van der Waals surface area (Å²) in [6.07, 6.45) is 7.33. The van der Waals surface area contributed by atoms with E-state index in [1.165, 1.54) is 0 Å². The second-order valence-electron chi connectivity index (χ2n) is 6.77. The Labute approximate surface area is 145 Å². The molecule has 0 unspecified atom stereocenters. The first-order valence-electron chi connectivity index (χ1n) is 8.47. The zero-order chi connectivity index (χ0) is 17.9. The third-order valence-electron chi connectivity index (χ3n) is 3.22. The highest BCUT2D eigenvalue weighted by atomic mass is 16.5. The smallest absolute Gasteiger partial charge is 0.134 e. The van der Waals surface area contributed by atoms with Crippen molar-refractivity contribution in [3.8, 4) is 0 Å². The summed E-state index contributed by atoms with van der Waals surface area (Å²) in [5, 5.41) is 0. The molecule has 0 saturated heterocycles. The molecule has 0 fully saturated rings. The average molecular weight is 336 g/mol. The molecular weight excluding hydrogens is 304 g/mol. The maximum atomic E-state index is 5.46. The van der Waals surface area contributed by atoms with Gasteiger partial charge in [-0.2, -0.15) is 0 Å². The van der Waals surface area contributed by atoms with E-state index in [2.05, 4.69) is 37.7 Å². The highest BCUT2D eigenvalue weighted by molar-refractivity contribution is 4.94. The van der Waals surface area contributed by atoms with E-state index in [1.54, 1.807) is 12.5 Å². The Bertz CT molecular complexity index is 511. The summed E-state index contributed by atoms with van der Waals surface area (Å²) in [7, 11) is 3.95. The number of rotatable bonds is 8. The van der Waals surface area contributed by atoms with Crippen molar-refractivity contribution in [1.82, 2.24) is 19.1 Å². The predicted molar refractivity (Wildman–Crippen MR) is 95.4 cm³/mol. The molecule has 0 amide bonds. The average Bonchev–Trinajstić information content (AvgIpc) is 3.09. The zero-order valence-corrected chi connectivity index (χ0v) is 15.9. The summed E-state index contributed by atoms with van der Waals surface area (Å²) in [6, 6.07) is 0. The minimum absolute atomic E-state index is 0.588. The van der Waals surface area contributed by atoms with Gasteiger partial charge in [0.2, 0.25) is 0 Å². The van der Waals surface area contributed by atoms with Gasteiger partial charge in [0.15, 0.2) is 0 Å². The largest absolute Gasteiger partial charge is 0.375 e. The zero-order valence-electron chi connectivity index (χ0n) is 15.9. The van der Waals surface area contributed by atoms with Crippen LogP contribution in [-0.4, -0.2) is 32.3 Å². The fourth-order valence-corrected chi connectivity index (χ4v) is 1.84. The Morgan fingerprint density at radius 1 is 0.958 bits per heavy atom. The Morgan fingerprint density at radius 2 is 1.58 bits per heavy atom. The third-order valence-corrected chi connectivity index (χ3v) is 3.22. The van der Waals surface area contributed by atoms with Crippen LogP contribution in [-0.2, 0) is 36.8 Å². The lowest BCUT2D eigenvalue weighted by atomic mass is 10.2. The van der Waals surface area contributed by atoms with Crippen LogP contribution >= 0.6 is 0 Å². The molecule has 0 saturated carbocycles. The van der Waals surface area contributed by atoms with E-state index in [-0.39, 0.29) is 0 Å². The molecule has 0 aliphatic heterocycles. The number of ether oxygens (including phenoxy) is 2. The topological polar surface area (TPSA) is 54.1 Å². The molecule has 2 rings (SSSR count). The maximum absolute atomic E-state index is 5.46. The van der Waals surface area contributed by atoms with E-state index in [9.17, 15) is 0 Å². The van der Waals surface area contributed by atoms with E-state index in [0.29, 0.717) is 25.0 Å². The minimum Gasteiger partial charge on any atom is -0.375 e. The molecule has 0 N–H and O–H groups in total. The lowest BCUT2D eigenvalue weighted by Crippen LogP contribution is -2.05. The normalized spacial score (nSPS) is 11.0. The first-order chi connectivity index (χ1) is 11.4. The molecule has 2 aromatic rings. The number of aryl methyl sites for hydroxylation is 2. The van der Waals surface area contributed by atoms with E-state index in [0.717, 1.165) is 24.7 Å². The van der Waals surface area contributed by atoms with Crippen molar-refractivity contribution in [3.05, 3.63) is 36.4 Å². The van der Waals surface area contributed by atoms with Gasteiger partial charge in [0.1, 0.15) is 12.4 Å². The van der Waals surface area contributed by atoms with E-state index in [4.69, 9.17) is 9.47 Å². The van der Waals surface area contributed by atoms with Gasteiger partial charge in [-0.1, -0.05) is 27.7 Å². The summed E-state index contributed by atoms with van der Waals surface area (Å²) >= 11 is 0. The summed E-state index contributed by atoms with van der Waals surface area (Å²) < 4.78 is 14.8. The van der Waals surface area contributed by atoms with Crippen molar-refractivity contribution < 1.29 is 9.47 Å². The molecule has 0 spiro atoms. The molecule has 136 valence electrons. The van der Waals surface area contributed by atoms with Crippen molar-refractivity contribution >= 4 is 0 Å². The Kier molecular flexibility index (Phi) is 9.34. The van der Waals surface area contributed by atoms with E-state index in [1.807, 2.05) is 35.6 Å². The SMILES string of the molecule is CC(C)COCc1cncn1C.CC(C)COCc1nccn1C. The molecule has 2 heterocycles. The molecule has 0 atom stereocenters. The monoisotopic (exact) mass is 336 g/mol. The summed E-state index contributed by atoms with van der Waals surface area (Å²) in [4.78, 5) is 8.15. The van der Waals surface area contributed by atoms with Crippen LogP contribution < -0.4 is 0 Å². The van der Waals surface area contributed by atoms with Gasteiger partial charge < -0.3 is 18.6 Å². The predicted octanol–water partition coefficient (Wildman–Crippen LogP) is 3.19. The number of imidazole rings is 2. The van der Waals surface area contributed by atoms with Gasteiger partial charge in [-0.3, -0.25) is 0 Å². The van der Waals surface area contributed by atoms with Crippen LogP contribution in [0.15, 0.2) is 24.9 Å². The van der Waals surface area contributed by atoms with Crippen LogP contribution in [0, 0.1) is 11.8 Å². The second kappa shape index (κ2) is 11.0. The van der Waals surface area contributed by atoms with Crippen LogP contribution in [0.4, 0.5) is 0 Å². The van der Waals surface area contributed by atoms with Crippen molar-refractivity contribution in [2.45, 2.75) is 40.9 Å². The Morgan fingerprint density at radius 3 is 2.04 bits per heavy atom. The molecule has 0 aliphatic rings. The van der Waals surface area contributed by atoms with Gasteiger partial charge in [0.25, 0.3) is 0 Å². The van der Waals surface area contributed by atoms with Crippen molar-refractivity contribution in [2.24, 2.45) is 25.9 Å². The van der Waals surface area contributed by atoms with Crippen LogP contribution in [0.1, 0.15) is 39.2 Å². The van der Waals surface area contributed by atoms with E-state index < -0.39 is 0 Å². The molecule has 6 heteroatoms. The van der Waals surface area contributed by atoms with Crippen molar-refractivity contribution in [1.29, 1.82) is 0 Å². The second-order valence-corrected chi connectivity index (χ2v) is 6.77. The van der Waals surface area contributed by atoms with Gasteiger partial charge >= 0.3 is 0 Å². The Hall–Kier alpha value is -1.66. The number of aromatic nitrogens is 4. The molecule has 24 heavy (non-hydrogen) atoms. The van der Waals surface area contributed by atoms with Gasteiger partial charge in [0, 0.05) is 39.7 Å². The lowest BCUT2D eigenvalue weighted by Gasteiger charge is -2.06. The Balaban J connectivity index is 0.000000240. The first-order valence-corrected chi connectivity index (χ1v) is 8.47. The summed E-state index contributed by atoms with van der Waals surface area (Å²) in [5.74, 6) is 2.17. The van der Waals surface area contributed by atoms with E-state index >= 15 is 0 Å². The summed E-state index contributed by atoms with van der Waals surface area (Å²) in [5.41, 5.74) is 1.12. The van der Waals surface area contributed by atoms with Crippen LogP contribution in [0.25, 0.3) is 0 Å². The van der Waals surface area contributed by atoms with Gasteiger partial charge in [-0.05, 0) is 11.8 Å². The van der Waals surface area contributed by atoms with Crippen LogP contribution in [0.3, 0.4) is 0 Å². The van der Waals surface area contributed by atoms with Gasteiger partial charge in [-0.15, -0.1) is 0 Å². The number of hydrogen-bond donors (Lipinski definition) is 0. The first kappa shape index (κ1) is 20.4. The molecule has 0 bridgehead atoms. The number of hydrogen-bond acceptors (Lipinski definition) is 4. The quantitative estimate of drug-likeness (QED) is 0.743. The molecular formula is C18H32N4O2. The molecule has 2 aromatic heterocycles. The molecule has 0 aliphatic carbocycles. The van der Waals surface area contributed by atoms with Crippen molar-refractivity contribution in [2.75, 3.05) is 13.2 Å². The highest BCUT2D eigenvalue weighted by Gasteiger charge is 2.00. The standard InChI is InChI=1S/2C9H16N2O/c1-8(2)5-12-6-9-4-10-7-11(9)3;1-8(2)6-12-7-9-10-4-5-11(9)3/h4,7-8H,5-6H2,1-3H3;4-5,8H,6-7H2,1-3H3. The van der Waals surface area contributed by atoms with Gasteiger partial charge in [-0.25, -0.2) is 9.97 Å². The van der Waals surface area contributed by atoms with Crippen molar-refractivity contribution in [3.63, 3.8) is 0 Å². The molecule has 0 aromatic carbocycles. The maximum Gasteiger partial charge on any atom is 0.134 e. The molecule has 6 nitrogen and oxygen atoms in total. The fourth-order valence-electron chi connectivity index (χ4n) is 1.84. The third kappa shape index (κ3) is 8.26.